The number of nitrogens with zero attached hydrogens (tertiary/aromatic N) is 2. The summed E-state index contributed by atoms with van der Waals surface area (Å²) in [5, 5.41) is 10.1. The summed E-state index contributed by atoms with van der Waals surface area (Å²) in [7, 11) is 0. The van der Waals surface area contributed by atoms with Crippen molar-refractivity contribution in [3.8, 4) is 0 Å². The number of rotatable bonds is 8. The van der Waals surface area contributed by atoms with Gasteiger partial charge in [0, 0.05) is 31.2 Å². The average Bonchev–Trinajstić information content (AvgIpc) is 2.91. The fourth-order valence-corrected chi connectivity index (χ4v) is 4.68. The molecule has 162 valence electrons. The lowest BCUT2D eigenvalue weighted by molar-refractivity contribution is -0.134. The first-order valence-electron chi connectivity index (χ1n) is 10.8. The quantitative estimate of drug-likeness (QED) is 0.693. The summed E-state index contributed by atoms with van der Waals surface area (Å²) < 4.78 is 5.27. The van der Waals surface area contributed by atoms with Crippen molar-refractivity contribution in [2.45, 2.75) is 65.8 Å². The van der Waals surface area contributed by atoms with Gasteiger partial charge < -0.3 is 15.2 Å². The van der Waals surface area contributed by atoms with Crippen molar-refractivity contribution in [2.75, 3.05) is 26.2 Å². The Labute approximate surface area is 174 Å². The zero-order chi connectivity index (χ0) is 21.2. The highest BCUT2D eigenvalue weighted by molar-refractivity contribution is 5.79. The molecule has 7 heteroatoms. The smallest absolute Gasteiger partial charge is 0.234 e. The SMILES string of the molecule is CC(C)Cc1cc(CC(=O)NCC2CC3(C2)CN(CC(=O)NC(C)(C)C)C3)on1. The summed E-state index contributed by atoms with van der Waals surface area (Å²) >= 11 is 0. The Morgan fingerprint density at radius 1 is 1.28 bits per heavy atom. The van der Waals surface area contributed by atoms with E-state index in [1.807, 2.05) is 26.8 Å². The number of hydrogen-bond acceptors (Lipinski definition) is 5. The Balaban J connectivity index is 1.29. The van der Waals surface area contributed by atoms with Crippen LogP contribution >= 0.6 is 0 Å². The van der Waals surface area contributed by atoms with Crippen LogP contribution in [-0.4, -0.2) is 53.6 Å². The van der Waals surface area contributed by atoms with E-state index in [0.717, 1.165) is 44.6 Å². The van der Waals surface area contributed by atoms with Gasteiger partial charge in [0.15, 0.2) is 0 Å². The van der Waals surface area contributed by atoms with Gasteiger partial charge >= 0.3 is 0 Å². The summed E-state index contributed by atoms with van der Waals surface area (Å²) in [6.45, 7) is 13.5. The number of carbonyl (C=O) groups is 2. The average molecular weight is 405 g/mol. The van der Waals surface area contributed by atoms with E-state index in [-0.39, 0.29) is 23.8 Å². The maximum Gasteiger partial charge on any atom is 0.234 e. The van der Waals surface area contributed by atoms with E-state index in [9.17, 15) is 9.59 Å². The Morgan fingerprint density at radius 3 is 2.59 bits per heavy atom. The third-order valence-electron chi connectivity index (χ3n) is 5.59. The molecule has 0 bridgehead atoms. The summed E-state index contributed by atoms with van der Waals surface area (Å²) in [5.41, 5.74) is 1.10. The zero-order valence-electron chi connectivity index (χ0n) is 18.5. The van der Waals surface area contributed by atoms with Crippen molar-refractivity contribution >= 4 is 11.8 Å². The van der Waals surface area contributed by atoms with Gasteiger partial charge in [-0.2, -0.15) is 0 Å². The second kappa shape index (κ2) is 8.46. The number of aromatic nitrogens is 1. The number of nitrogens with one attached hydrogen (secondary N) is 2. The fraction of sp³-hybridized carbons (Fsp3) is 0.773. The van der Waals surface area contributed by atoms with E-state index >= 15 is 0 Å². The molecular weight excluding hydrogens is 368 g/mol. The molecule has 1 saturated heterocycles. The lowest BCUT2D eigenvalue weighted by Crippen LogP contribution is -2.64. The maximum atomic E-state index is 12.2. The molecule has 3 rings (SSSR count). The van der Waals surface area contributed by atoms with Crippen LogP contribution in [0.3, 0.4) is 0 Å². The van der Waals surface area contributed by atoms with Crippen LogP contribution in [0.2, 0.25) is 0 Å². The number of amides is 2. The molecule has 0 radical (unpaired) electrons. The highest BCUT2D eigenvalue weighted by Crippen LogP contribution is 2.51. The van der Waals surface area contributed by atoms with Crippen LogP contribution in [-0.2, 0) is 22.4 Å². The molecule has 2 heterocycles. The predicted octanol–water partition coefficient (Wildman–Crippen LogP) is 2.16. The van der Waals surface area contributed by atoms with Gasteiger partial charge in [-0.1, -0.05) is 19.0 Å². The molecule has 1 aliphatic heterocycles. The molecule has 29 heavy (non-hydrogen) atoms. The van der Waals surface area contributed by atoms with Gasteiger partial charge in [0.1, 0.15) is 5.76 Å². The van der Waals surface area contributed by atoms with Crippen LogP contribution in [0.15, 0.2) is 10.6 Å². The van der Waals surface area contributed by atoms with Crippen LogP contribution < -0.4 is 10.6 Å². The van der Waals surface area contributed by atoms with E-state index < -0.39 is 0 Å². The normalized spacial score (nSPS) is 19.1. The van der Waals surface area contributed by atoms with Crippen molar-refractivity contribution in [1.29, 1.82) is 0 Å². The highest BCUT2D eigenvalue weighted by Gasteiger charge is 2.52. The van der Waals surface area contributed by atoms with Gasteiger partial charge in [0.25, 0.3) is 0 Å². The predicted molar refractivity (Wildman–Crippen MR) is 111 cm³/mol. The first-order valence-corrected chi connectivity index (χ1v) is 10.8. The topological polar surface area (TPSA) is 87.5 Å². The second-order valence-corrected chi connectivity index (χ2v) is 10.6. The van der Waals surface area contributed by atoms with Crippen LogP contribution in [0.5, 0.6) is 0 Å². The van der Waals surface area contributed by atoms with Crippen molar-refractivity contribution in [2.24, 2.45) is 17.3 Å². The Kier molecular flexibility index (Phi) is 6.36. The summed E-state index contributed by atoms with van der Waals surface area (Å²) in [6, 6.07) is 1.89. The van der Waals surface area contributed by atoms with Gasteiger partial charge in [0.05, 0.1) is 18.7 Å². The van der Waals surface area contributed by atoms with E-state index in [0.29, 0.717) is 29.6 Å². The lowest BCUT2D eigenvalue weighted by Gasteiger charge is -2.59. The van der Waals surface area contributed by atoms with Crippen LogP contribution in [0.1, 0.15) is 58.9 Å². The van der Waals surface area contributed by atoms with Crippen molar-refractivity contribution < 1.29 is 14.1 Å². The molecule has 1 spiro atoms. The van der Waals surface area contributed by atoms with Gasteiger partial charge in [-0.15, -0.1) is 0 Å². The third kappa shape index (κ3) is 6.29. The third-order valence-corrected chi connectivity index (χ3v) is 5.59. The van der Waals surface area contributed by atoms with Crippen molar-refractivity contribution in [3.63, 3.8) is 0 Å². The largest absolute Gasteiger partial charge is 0.361 e. The van der Waals surface area contributed by atoms with Crippen LogP contribution in [0, 0.1) is 17.3 Å². The monoisotopic (exact) mass is 404 g/mol. The minimum atomic E-state index is -0.179. The summed E-state index contributed by atoms with van der Waals surface area (Å²) in [5.74, 6) is 1.77. The highest BCUT2D eigenvalue weighted by atomic mass is 16.5. The van der Waals surface area contributed by atoms with Crippen LogP contribution in [0.4, 0.5) is 0 Å². The maximum absolute atomic E-state index is 12.2. The van der Waals surface area contributed by atoms with Crippen molar-refractivity contribution in [3.05, 3.63) is 17.5 Å². The molecule has 1 aromatic heterocycles. The first-order chi connectivity index (χ1) is 13.5. The molecule has 1 saturated carbocycles. The molecule has 0 unspecified atom stereocenters. The standard InChI is InChI=1S/C22H36N4O3/c1-15(2)6-17-7-18(29-25-17)8-19(27)23-11-16-9-22(10-16)13-26(14-22)12-20(28)24-21(3,4)5/h7,15-16H,6,8-14H2,1-5H3,(H,23,27)(H,24,28). The van der Waals surface area contributed by atoms with Crippen LogP contribution in [0.25, 0.3) is 0 Å². The fourth-order valence-electron chi connectivity index (χ4n) is 4.68. The van der Waals surface area contributed by atoms with Crippen molar-refractivity contribution in [1.82, 2.24) is 20.7 Å². The Hall–Kier alpha value is -1.89. The Morgan fingerprint density at radius 2 is 1.97 bits per heavy atom. The zero-order valence-corrected chi connectivity index (χ0v) is 18.5. The molecule has 2 amide bonds. The lowest BCUT2D eigenvalue weighted by atomic mass is 9.57. The first kappa shape index (κ1) is 21.8. The summed E-state index contributed by atoms with van der Waals surface area (Å²) in [6.07, 6.45) is 3.38. The molecule has 2 N–H and O–H groups in total. The molecule has 2 aliphatic rings. The Bertz CT molecular complexity index is 721. The van der Waals surface area contributed by atoms with Gasteiger partial charge in [-0.3, -0.25) is 14.5 Å². The molecule has 1 aliphatic carbocycles. The minimum Gasteiger partial charge on any atom is -0.361 e. The van der Waals surface area contributed by atoms with E-state index in [2.05, 4.69) is 34.5 Å². The van der Waals surface area contributed by atoms with E-state index in [1.165, 1.54) is 0 Å². The number of hydrogen-bond donors (Lipinski definition) is 2. The molecule has 2 fully saturated rings. The van der Waals surface area contributed by atoms with Gasteiger partial charge in [-0.25, -0.2) is 0 Å². The van der Waals surface area contributed by atoms with Gasteiger partial charge in [0.2, 0.25) is 11.8 Å². The molecular formula is C22H36N4O3. The molecule has 1 aromatic rings. The molecule has 0 aromatic carbocycles. The summed E-state index contributed by atoms with van der Waals surface area (Å²) in [4.78, 5) is 26.4. The van der Waals surface area contributed by atoms with E-state index in [1.54, 1.807) is 0 Å². The molecule has 0 atom stereocenters. The number of carbonyl (C=O) groups excluding carboxylic acids is 2. The minimum absolute atomic E-state index is 0.00714. The van der Waals surface area contributed by atoms with Gasteiger partial charge in [-0.05, 0) is 57.3 Å². The molecule has 7 nitrogen and oxygen atoms in total. The second-order valence-electron chi connectivity index (χ2n) is 10.6. The van der Waals surface area contributed by atoms with E-state index in [4.69, 9.17) is 4.52 Å². The number of likely N-dealkylation sites (tertiary alicyclic amines) is 1.